The summed E-state index contributed by atoms with van der Waals surface area (Å²) in [6, 6.07) is 14.4. The molecule has 1 heterocycles. The highest BCUT2D eigenvalue weighted by molar-refractivity contribution is 6.35. The average Bonchev–Trinajstić information content (AvgIpc) is 2.49. The summed E-state index contributed by atoms with van der Waals surface area (Å²) in [5, 5.41) is 1.93. The molecule has 0 N–H and O–H groups in total. The van der Waals surface area contributed by atoms with E-state index in [2.05, 4.69) is 4.98 Å². The molecule has 104 valence electrons. The van der Waals surface area contributed by atoms with Crippen LogP contribution in [0.25, 0.3) is 10.9 Å². The van der Waals surface area contributed by atoms with Gasteiger partial charge in [0.15, 0.2) is 5.78 Å². The molecule has 0 aliphatic heterocycles. The fourth-order valence-corrected chi connectivity index (χ4v) is 2.76. The Morgan fingerprint density at radius 3 is 2.71 bits per heavy atom. The standard InChI is InChI=1S/C17H11Cl2NO/c18-12-7-6-11(15(19)10-12)9-17(21)14-3-1-5-16-13(14)4-2-8-20-16/h1-8,10H,9H2. The van der Waals surface area contributed by atoms with E-state index in [1.807, 2.05) is 30.3 Å². The third kappa shape index (κ3) is 2.92. The average molecular weight is 316 g/mol. The van der Waals surface area contributed by atoms with Gasteiger partial charge in [0.25, 0.3) is 0 Å². The number of Topliss-reactive ketones (excluding diaryl/α,β-unsaturated/α-hetero) is 1. The fourth-order valence-electron chi connectivity index (χ4n) is 2.28. The van der Waals surface area contributed by atoms with Crippen LogP contribution in [0.1, 0.15) is 15.9 Å². The number of carbonyl (C=O) groups is 1. The van der Waals surface area contributed by atoms with Gasteiger partial charge < -0.3 is 0 Å². The lowest BCUT2D eigenvalue weighted by Crippen LogP contribution is -2.05. The molecule has 3 aromatic rings. The molecule has 0 fully saturated rings. The molecule has 0 spiro atoms. The molecule has 4 heteroatoms. The Labute approximate surface area is 132 Å². The molecule has 3 rings (SSSR count). The van der Waals surface area contributed by atoms with Crippen LogP contribution in [-0.4, -0.2) is 10.8 Å². The van der Waals surface area contributed by atoms with Crippen LogP contribution in [0.15, 0.2) is 54.7 Å². The third-order valence-electron chi connectivity index (χ3n) is 3.31. The smallest absolute Gasteiger partial charge is 0.167 e. The monoisotopic (exact) mass is 315 g/mol. The molecule has 0 unspecified atom stereocenters. The molecule has 2 nitrogen and oxygen atoms in total. The largest absolute Gasteiger partial charge is 0.294 e. The van der Waals surface area contributed by atoms with Crippen molar-refractivity contribution in [2.75, 3.05) is 0 Å². The highest BCUT2D eigenvalue weighted by Gasteiger charge is 2.13. The Kier molecular flexibility index (Phi) is 3.91. The van der Waals surface area contributed by atoms with Crippen LogP contribution < -0.4 is 0 Å². The Morgan fingerprint density at radius 2 is 1.90 bits per heavy atom. The molecule has 1 aromatic heterocycles. The molecule has 0 aliphatic rings. The first-order valence-electron chi connectivity index (χ1n) is 6.46. The van der Waals surface area contributed by atoms with E-state index >= 15 is 0 Å². The van der Waals surface area contributed by atoms with Gasteiger partial charge in [-0.15, -0.1) is 0 Å². The number of fused-ring (bicyclic) bond motifs is 1. The van der Waals surface area contributed by atoms with Crippen molar-refractivity contribution in [1.29, 1.82) is 0 Å². The topological polar surface area (TPSA) is 30.0 Å². The molecule has 0 bridgehead atoms. The number of nitrogens with zero attached hydrogens (tertiary/aromatic N) is 1. The van der Waals surface area contributed by atoms with Gasteiger partial charge in [0, 0.05) is 33.6 Å². The van der Waals surface area contributed by atoms with Gasteiger partial charge in [-0.2, -0.15) is 0 Å². The summed E-state index contributed by atoms with van der Waals surface area (Å²) in [4.78, 5) is 16.8. The van der Waals surface area contributed by atoms with E-state index in [9.17, 15) is 4.79 Å². The lowest BCUT2D eigenvalue weighted by molar-refractivity contribution is 0.0994. The number of hydrogen-bond acceptors (Lipinski definition) is 2. The van der Waals surface area contributed by atoms with E-state index in [0.717, 1.165) is 16.5 Å². The first-order chi connectivity index (χ1) is 10.1. The molecule has 21 heavy (non-hydrogen) atoms. The summed E-state index contributed by atoms with van der Waals surface area (Å²) < 4.78 is 0. The van der Waals surface area contributed by atoms with Crippen LogP contribution in [-0.2, 0) is 6.42 Å². The number of halogens is 2. The number of aromatic nitrogens is 1. The lowest BCUT2D eigenvalue weighted by atomic mass is 9.99. The first-order valence-corrected chi connectivity index (χ1v) is 7.21. The molecule has 0 amide bonds. The van der Waals surface area contributed by atoms with Crippen LogP contribution in [0.4, 0.5) is 0 Å². The van der Waals surface area contributed by atoms with Crippen molar-refractivity contribution in [3.8, 4) is 0 Å². The number of benzene rings is 2. The second-order valence-corrected chi connectivity index (χ2v) is 5.55. The van der Waals surface area contributed by atoms with E-state index in [-0.39, 0.29) is 12.2 Å². The van der Waals surface area contributed by atoms with E-state index in [0.29, 0.717) is 15.6 Å². The second kappa shape index (κ2) is 5.84. The van der Waals surface area contributed by atoms with Crippen molar-refractivity contribution < 1.29 is 4.79 Å². The molecule has 2 aromatic carbocycles. The highest BCUT2D eigenvalue weighted by Crippen LogP contribution is 2.24. The Morgan fingerprint density at radius 1 is 1.05 bits per heavy atom. The zero-order valence-corrected chi connectivity index (χ0v) is 12.5. The van der Waals surface area contributed by atoms with Gasteiger partial charge in [-0.1, -0.05) is 47.5 Å². The van der Waals surface area contributed by atoms with Gasteiger partial charge in [0.1, 0.15) is 0 Å². The molecule has 0 radical (unpaired) electrons. The summed E-state index contributed by atoms with van der Waals surface area (Å²) in [5.41, 5.74) is 2.24. The van der Waals surface area contributed by atoms with E-state index in [4.69, 9.17) is 23.2 Å². The minimum Gasteiger partial charge on any atom is -0.294 e. The SMILES string of the molecule is O=C(Cc1ccc(Cl)cc1Cl)c1cccc2ncccc12. The van der Waals surface area contributed by atoms with Crippen molar-refractivity contribution in [1.82, 2.24) is 4.98 Å². The first kappa shape index (κ1) is 14.1. The number of pyridine rings is 1. The zero-order valence-electron chi connectivity index (χ0n) is 11.0. The zero-order chi connectivity index (χ0) is 14.8. The highest BCUT2D eigenvalue weighted by atomic mass is 35.5. The van der Waals surface area contributed by atoms with Crippen LogP contribution in [0, 0.1) is 0 Å². The third-order valence-corrected chi connectivity index (χ3v) is 3.90. The van der Waals surface area contributed by atoms with Gasteiger partial charge in [0.2, 0.25) is 0 Å². The van der Waals surface area contributed by atoms with Crippen molar-refractivity contribution in [3.05, 3.63) is 75.9 Å². The lowest BCUT2D eigenvalue weighted by Gasteiger charge is -2.07. The van der Waals surface area contributed by atoms with Crippen LogP contribution >= 0.6 is 23.2 Å². The van der Waals surface area contributed by atoms with Crippen LogP contribution in [0.5, 0.6) is 0 Å². The Hall–Kier alpha value is -1.90. The molecule has 0 aliphatic carbocycles. The maximum Gasteiger partial charge on any atom is 0.167 e. The van der Waals surface area contributed by atoms with Crippen molar-refractivity contribution in [2.24, 2.45) is 0 Å². The normalized spacial score (nSPS) is 10.8. The number of carbonyl (C=O) groups excluding carboxylic acids is 1. The Bertz CT molecular complexity index is 825. The fraction of sp³-hybridized carbons (Fsp3) is 0.0588. The maximum absolute atomic E-state index is 12.5. The number of ketones is 1. The van der Waals surface area contributed by atoms with E-state index in [1.165, 1.54) is 0 Å². The van der Waals surface area contributed by atoms with Crippen molar-refractivity contribution in [3.63, 3.8) is 0 Å². The van der Waals surface area contributed by atoms with Crippen LogP contribution in [0.2, 0.25) is 10.0 Å². The molecule has 0 saturated carbocycles. The molecule has 0 saturated heterocycles. The summed E-state index contributed by atoms with van der Waals surface area (Å²) in [6.45, 7) is 0. The maximum atomic E-state index is 12.5. The minimum absolute atomic E-state index is 0.0119. The molecular weight excluding hydrogens is 305 g/mol. The van der Waals surface area contributed by atoms with Crippen molar-refractivity contribution >= 4 is 39.9 Å². The quantitative estimate of drug-likeness (QED) is 0.639. The van der Waals surface area contributed by atoms with Crippen molar-refractivity contribution in [2.45, 2.75) is 6.42 Å². The molecule has 0 atom stereocenters. The van der Waals surface area contributed by atoms with E-state index < -0.39 is 0 Å². The summed E-state index contributed by atoms with van der Waals surface area (Å²) >= 11 is 12.0. The van der Waals surface area contributed by atoms with Gasteiger partial charge in [0.05, 0.1) is 5.52 Å². The second-order valence-electron chi connectivity index (χ2n) is 4.71. The van der Waals surface area contributed by atoms with Gasteiger partial charge in [-0.3, -0.25) is 9.78 Å². The number of hydrogen-bond donors (Lipinski definition) is 0. The van der Waals surface area contributed by atoms with Crippen LogP contribution in [0.3, 0.4) is 0 Å². The van der Waals surface area contributed by atoms with Gasteiger partial charge in [-0.25, -0.2) is 0 Å². The molecular formula is C17H11Cl2NO. The predicted octanol–water partition coefficient (Wildman–Crippen LogP) is 4.97. The van der Waals surface area contributed by atoms with E-state index in [1.54, 1.807) is 24.4 Å². The minimum atomic E-state index is 0.0119. The summed E-state index contributed by atoms with van der Waals surface area (Å²) in [7, 11) is 0. The number of rotatable bonds is 3. The summed E-state index contributed by atoms with van der Waals surface area (Å²) in [5.74, 6) is 0.0119. The summed E-state index contributed by atoms with van der Waals surface area (Å²) in [6.07, 6.45) is 1.96. The van der Waals surface area contributed by atoms with Gasteiger partial charge >= 0.3 is 0 Å². The predicted molar refractivity (Wildman–Crippen MR) is 86.2 cm³/mol. The Balaban J connectivity index is 1.97. The van der Waals surface area contributed by atoms with Gasteiger partial charge in [-0.05, 0) is 29.8 Å².